The average Bonchev–Trinajstić information content (AvgIpc) is 2.27. The average molecular weight is 270 g/mol. The zero-order valence-corrected chi connectivity index (χ0v) is 12.2. The van der Waals surface area contributed by atoms with Crippen LogP contribution in [0.25, 0.3) is 0 Å². The molecule has 1 heterocycles. The number of rotatable bonds is 5. The second kappa shape index (κ2) is 6.78. The highest BCUT2D eigenvalue weighted by Crippen LogP contribution is 2.21. The second-order valence-corrected chi connectivity index (χ2v) is 6.02. The molecule has 5 heteroatoms. The molecule has 110 valence electrons. The maximum atomic E-state index is 12.3. The van der Waals surface area contributed by atoms with Crippen molar-refractivity contribution in [3.63, 3.8) is 0 Å². The lowest BCUT2D eigenvalue weighted by atomic mass is 9.98. The summed E-state index contributed by atoms with van der Waals surface area (Å²) < 4.78 is 0. The Labute approximate surface area is 115 Å². The largest absolute Gasteiger partial charge is 0.481 e. The smallest absolute Gasteiger partial charge is 0.318 e. The molecule has 1 aliphatic heterocycles. The van der Waals surface area contributed by atoms with Gasteiger partial charge in [-0.25, -0.2) is 4.79 Å². The van der Waals surface area contributed by atoms with Crippen molar-refractivity contribution in [2.75, 3.05) is 6.54 Å². The van der Waals surface area contributed by atoms with Gasteiger partial charge in [0.05, 0.1) is 6.42 Å². The van der Waals surface area contributed by atoms with Gasteiger partial charge in [0.2, 0.25) is 0 Å². The van der Waals surface area contributed by atoms with Crippen molar-refractivity contribution in [2.45, 2.75) is 70.9 Å². The number of amides is 2. The first-order chi connectivity index (χ1) is 8.85. The minimum atomic E-state index is -0.894. The number of nitrogens with zero attached hydrogens (tertiary/aromatic N) is 1. The first-order valence-electron chi connectivity index (χ1n) is 7.16. The highest BCUT2D eigenvalue weighted by atomic mass is 16.4. The van der Waals surface area contributed by atoms with Crippen LogP contribution in [0.1, 0.15) is 59.3 Å². The molecule has 0 radical (unpaired) electrons. The van der Waals surface area contributed by atoms with Crippen LogP contribution in [0.2, 0.25) is 0 Å². The molecule has 0 aliphatic carbocycles. The summed E-state index contributed by atoms with van der Waals surface area (Å²) >= 11 is 0. The summed E-state index contributed by atoms with van der Waals surface area (Å²) in [6.45, 7) is 6.40. The van der Waals surface area contributed by atoms with Crippen LogP contribution in [0.5, 0.6) is 0 Å². The number of hydrogen-bond acceptors (Lipinski definition) is 2. The molecule has 1 rings (SSSR count). The van der Waals surface area contributed by atoms with Gasteiger partial charge in [-0.15, -0.1) is 0 Å². The molecule has 2 amide bonds. The number of carboxylic acids is 1. The van der Waals surface area contributed by atoms with Crippen LogP contribution in [0.4, 0.5) is 4.79 Å². The molecular formula is C14H26N2O3. The van der Waals surface area contributed by atoms with E-state index in [-0.39, 0.29) is 12.5 Å². The van der Waals surface area contributed by atoms with Crippen molar-refractivity contribution in [3.8, 4) is 0 Å². The van der Waals surface area contributed by atoms with Crippen LogP contribution in [-0.4, -0.2) is 40.1 Å². The van der Waals surface area contributed by atoms with E-state index in [9.17, 15) is 9.59 Å². The summed E-state index contributed by atoms with van der Waals surface area (Å²) in [5, 5.41) is 11.7. The standard InChI is InChI=1S/C14H26N2O3/c1-4-7-11-8-5-6-9-16(11)13(19)15-14(2,3)10-12(17)18/h11H,4-10H2,1-3H3,(H,15,19)(H,17,18). The van der Waals surface area contributed by atoms with E-state index in [4.69, 9.17) is 5.11 Å². The zero-order valence-electron chi connectivity index (χ0n) is 12.2. The van der Waals surface area contributed by atoms with Gasteiger partial charge in [0.1, 0.15) is 0 Å². The number of nitrogens with one attached hydrogen (secondary N) is 1. The van der Waals surface area contributed by atoms with Gasteiger partial charge in [0.15, 0.2) is 0 Å². The molecule has 1 atom stereocenters. The molecule has 1 saturated heterocycles. The number of carboxylic acid groups (broad SMARTS) is 1. The maximum Gasteiger partial charge on any atom is 0.318 e. The lowest BCUT2D eigenvalue weighted by Gasteiger charge is -2.38. The van der Waals surface area contributed by atoms with Gasteiger partial charge >= 0.3 is 12.0 Å². The number of carbonyl (C=O) groups excluding carboxylic acids is 1. The van der Waals surface area contributed by atoms with Crippen molar-refractivity contribution in [1.29, 1.82) is 0 Å². The van der Waals surface area contributed by atoms with Gasteiger partial charge in [0.25, 0.3) is 0 Å². The summed E-state index contributed by atoms with van der Waals surface area (Å²) in [4.78, 5) is 25.0. The van der Waals surface area contributed by atoms with Crippen LogP contribution >= 0.6 is 0 Å². The third-order valence-corrected chi connectivity index (χ3v) is 3.55. The Kier molecular flexibility index (Phi) is 5.63. The number of hydrogen-bond donors (Lipinski definition) is 2. The molecule has 1 unspecified atom stereocenters. The molecule has 0 aromatic heterocycles. The van der Waals surface area contributed by atoms with Crippen LogP contribution in [0.15, 0.2) is 0 Å². The molecule has 0 saturated carbocycles. The van der Waals surface area contributed by atoms with E-state index in [0.717, 1.165) is 32.2 Å². The van der Waals surface area contributed by atoms with Crippen molar-refractivity contribution in [3.05, 3.63) is 0 Å². The molecule has 0 aromatic carbocycles. The number of aliphatic carboxylic acids is 1. The minimum absolute atomic E-state index is 0.0645. The van der Waals surface area contributed by atoms with Crippen molar-refractivity contribution >= 4 is 12.0 Å². The third kappa shape index (κ3) is 5.09. The molecule has 1 aliphatic rings. The van der Waals surface area contributed by atoms with E-state index in [1.807, 2.05) is 4.90 Å². The lowest BCUT2D eigenvalue weighted by Crippen LogP contribution is -2.55. The predicted molar refractivity (Wildman–Crippen MR) is 74.1 cm³/mol. The molecule has 0 aromatic rings. The van der Waals surface area contributed by atoms with Gasteiger partial charge in [-0.3, -0.25) is 4.79 Å². The molecule has 2 N–H and O–H groups in total. The van der Waals surface area contributed by atoms with Crippen LogP contribution in [-0.2, 0) is 4.79 Å². The number of piperidine rings is 1. The maximum absolute atomic E-state index is 12.3. The van der Waals surface area contributed by atoms with E-state index < -0.39 is 11.5 Å². The summed E-state index contributed by atoms with van der Waals surface area (Å²) in [5.41, 5.74) is -0.711. The summed E-state index contributed by atoms with van der Waals surface area (Å²) in [7, 11) is 0. The first kappa shape index (κ1) is 15.8. The SMILES string of the molecule is CCCC1CCCCN1C(=O)NC(C)(C)CC(=O)O. The van der Waals surface area contributed by atoms with E-state index in [1.165, 1.54) is 6.42 Å². The number of urea groups is 1. The zero-order chi connectivity index (χ0) is 14.5. The summed E-state index contributed by atoms with van der Waals surface area (Å²) in [6, 6.07) is 0.184. The van der Waals surface area contributed by atoms with Crippen molar-refractivity contribution in [1.82, 2.24) is 10.2 Å². The first-order valence-corrected chi connectivity index (χ1v) is 7.16. The molecule has 0 spiro atoms. The normalized spacial score (nSPS) is 20.2. The molecule has 19 heavy (non-hydrogen) atoms. The molecule has 0 bridgehead atoms. The number of carbonyl (C=O) groups is 2. The summed E-state index contributed by atoms with van der Waals surface area (Å²) in [5.74, 6) is -0.894. The Morgan fingerprint density at radius 2 is 2.05 bits per heavy atom. The Morgan fingerprint density at radius 1 is 1.37 bits per heavy atom. The van der Waals surface area contributed by atoms with Gasteiger partial charge in [0, 0.05) is 18.1 Å². The predicted octanol–water partition coefficient (Wildman–Crippen LogP) is 2.60. The number of likely N-dealkylation sites (tertiary alicyclic amines) is 1. The topological polar surface area (TPSA) is 69.6 Å². The molecular weight excluding hydrogens is 244 g/mol. The van der Waals surface area contributed by atoms with E-state index in [0.29, 0.717) is 6.04 Å². The summed E-state index contributed by atoms with van der Waals surface area (Å²) in [6.07, 6.45) is 5.28. The van der Waals surface area contributed by atoms with Gasteiger partial charge < -0.3 is 15.3 Å². The van der Waals surface area contributed by atoms with Crippen LogP contribution < -0.4 is 5.32 Å². The Hall–Kier alpha value is -1.26. The van der Waals surface area contributed by atoms with E-state index >= 15 is 0 Å². The third-order valence-electron chi connectivity index (χ3n) is 3.55. The van der Waals surface area contributed by atoms with E-state index in [1.54, 1.807) is 13.8 Å². The monoisotopic (exact) mass is 270 g/mol. The molecule has 5 nitrogen and oxygen atoms in total. The fourth-order valence-electron chi connectivity index (χ4n) is 2.68. The Bertz CT molecular complexity index is 327. The van der Waals surface area contributed by atoms with Gasteiger partial charge in [-0.1, -0.05) is 13.3 Å². The van der Waals surface area contributed by atoms with Crippen LogP contribution in [0, 0.1) is 0 Å². The second-order valence-electron chi connectivity index (χ2n) is 6.02. The highest BCUT2D eigenvalue weighted by molar-refractivity contribution is 5.77. The Balaban J connectivity index is 2.61. The fraction of sp³-hybridized carbons (Fsp3) is 0.857. The Morgan fingerprint density at radius 3 is 2.63 bits per heavy atom. The highest BCUT2D eigenvalue weighted by Gasteiger charge is 2.30. The quantitative estimate of drug-likeness (QED) is 0.806. The molecule has 1 fully saturated rings. The van der Waals surface area contributed by atoms with Crippen LogP contribution in [0.3, 0.4) is 0 Å². The fourth-order valence-corrected chi connectivity index (χ4v) is 2.68. The van der Waals surface area contributed by atoms with E-state index in [2.05, 4.69) is 12.2 Å². The van der Waals surface area contributed by atoms with Gasteiger partial charge in [-0.2, -0.15) is 0 Å². The van der Waals surface area contributed by atoms with Gasteiger partial charge in [-0.05, 0) is 39.5 Å². The van der Waals surface area contributed by atoms with Crippen molar-refractivity contribution < 1.29 is 14.7 Å². The van der Waals surface area contributed by atoms with Crippen molar-refractivity contribution in [2.24, 2.45) is 0 Å². The minimum Gasteiger partial charge on any atom is -0.481 e. The lowest BCUT2D eigenvalue weighted by molar-refractivity contribution is -0.138.